The number of nitrogens with zero attached hydrogens (tertiary/aromatic N) is 2. The molecule has 2 unspecified atom stereocenters. The number of alkyl halides is 3. The minimum atomic E-state index is -4.51. The highest BCUT2D eigenvalue weighted by atomic mass is 19.4. The lowest BCUT2D eigenvalue weighted by Crippen LogP contribution is -2.48. The Morgan fingerprint density at radius 1 is 1.19 bits per heavy atom. The SMILES string of the molecule is O=C(NC1CC2CCC(C1)N2)c1cccc(-n2nccc2C(F)(F)F)c1. The van der Waals surface area contributed by atoms with E-state index in [0.29, 0.717) is 17.6 Å². The summed E-state index contributed by atoms with van der Waals surface area (Å²) in [6, 6.07) is 8.02. The summed E-state index contributed by atoms with van der Waals surface area (Å²) in [5, 5.41) is 10.3. The number of halogens is 3. The van der Waals surface area contributed by atoms with Gasteiger partial charge in [0.15, 0.2) is 0 Å². The van der Waals surface area contributed by atoms with Crippen LogP contribution < -0.4 is 10.6 Å². The molecule has 2 saturated heterocycles. The predicted octanol–water partition coefficient (Wildman–Crippen LogP) is 2.90. The Bertz CT molecular complexity index is 805. The molecule has 1 aromatic carbocycles. The van der Waals surface area contributed by atoms with Crippen molar-refractivity contribution >= 4 is 5.91 Å². The fraction of sp³-hybridized carbons (Fsp3) is 0.444. The molecular formula is C18H19F3N4O. The molecule has 0 radical (unpaired) electrons. The summed E-state index contributed by atoms with van der Waals surface area (Å²) in [7, 11) is 0. The first kappa shape index (κ1) is 17.1. The summed E-state index contributed by atoms with van der Waals surface area (Å²) in [6.45, 7) is 0. The molecule has 2 aliphatic heterocycles. The van der Waals surface area contributed by atoms with E-state index in [2.05, 4.69) is 15.7 Å². The molecule has 2 aromatic rings. The van der Waals surface area contributed by atoms with Gasteiger partial charge in [0.1, 0.15) is 5.69 Å². The van der Waals surface area contributed by atoms with E-state index >= 15 is 0 Å². The molecule has 2 atom stereocenters. The highest BCUT2D eigenvalue weighted by Crippen LogP contribution is 2.31. The van der Waals surface area contributed by atoms with Gasteiger partial charge in [-0.05, 0) is 49.9 Å². The first-order valence-electron chi connectivity index (χ1n) is 8.69. The summed E-state index contributed by atoms with van der Waals surface area (Å²) in [5.41, 5.74) is -0.331. The Hall–Kier alpha value is -2.35. The maximum Gasteiger partial charge on any atom is 0.433 e. The molecule has 26 heavy (non-hydrogen) atoms. The minimum absolute atomic E-state index is 0.0975. The van der Waals surface area contributed by atoms with Crippen LogP contribution in [-0.4, -0.2) is 33.8 Å². The Labute approximate surface area is 148 Å². The standard InChI is InChI=1S/C18H19F3N4O/c19-18(20,21)16-6-7-22-25(16)15-3-1-2-11(8-15)17(26)24-14-9-12-4-5-13(10-14)23-12/h1-3,6-8,12-14,23H,4-5,9-10H2,(H,24,26). The van der Waals surface area contributed by atoms with E-state index in [1.165, 1.54) is 12.1 Å². The van der Waals surface area contributed by atoms with Gasteiger partial charge in [-0.25, -0.2) is 4.68 Å². The average Bonchev–Trinajstić information content (AvgIpc) is 3.21. The topological polar surface area (TPSA) is 59.0 Å². The van der Waals surface area contributed by atoms with Crippen LogP contribution in [0.2, 0.25) is 0 Å². The second-order valence-corrected chi connectivity index (χ2v) is 6.96. The lowest BCUT2D eigenvalue weighted by molar-refractivity contribution is -0.142. The van der Waals surface area contributed by atoms with Gasteiger partial charge in [-0.15, -0.1) is 0 Å². The van der Waals surface area contributed by atoms with Crippen LogP contribution in [0.1, 0.15) is 41.7 Å². The fourth-order valence-electron chi connectivity index (χ4n) is 3.95. The number of aromatic nitrogens is 2. The molecule has 1 aromatic heterocycles. The number of amides is 1. The Kier molecular flexibility index (Phi) is 4.22. The second kappa shape index (κ2) is 6.42. The molecule has 2 N–H and O–H groups in total. The fourth-order valence-corrected chi connectivity index (χ4v) is 3.95. The van der Waals surface area contributed by atoms with Crippen LogP contribution in [0.4, 0.5) is 13.2 Å². The van der Waals surface area contributed by atoms with Crippen molar-refractivity contribution in [1.29, 1.82) is 0 Å². The van der Waals surface area contributed by atoms with Crippen LogP contribution in [0.15, 0.2) is 36.5 Å². The van der Waals surface area contributed by atoms with E-state index in [4.69, 9.17) is 0 Å². The smallest absolute Gasteiger partial charge is 0.349 e. The van der Waals surface area contributed by atoms with E-state index in [1.807, 2.05) is 0 Å². The Balaban J connectivity index is 1.53. The minimum Gasteiger partial charge on any atom is -0.349 e. The zero-order chi connectivity index (χ0) is 18.3. The van der Waals surface area contributed by atoms with Crippen molar-refractivity contribution in [1.82, 2.24) is 20.4 Å². The molecule has 4 rings (SSSR count). The first-order valence-corrected chi connectivity index (χ1v) is 8.69. The van der Waals surface area contributed by atoms with E-state index in [-0.39, 0.29) is 17.6 Å². The Morgan fingerprint density at radius 3 is 2.62 bits per heavy atom. The number of benzene rings is 1. The number of hydrogen-bond acceptors (Lipinski definition) is 3. The summed E-state index contributed by atoms with van der Waals surface area (Å²) in [6.07, 6.45) is 0.625. The molecule has 2 bridgehead atoms. The number of piperidine rings is 1. The predicted molar refractivity (Wildman–Crippen MR) is 89.0 cm³/mol. The number of nitrogens with one attached hydrogen (secondary N) is 2. The van der Waals surface area contributed by atoms with Crippen LogP contribution in [-0.2, 0) is 6.18 Å². The first-order chi connectivity index (χ1) is 12.4. The molecular weight excluding hydrogens is 345 g/mol. The maximum absolute atomic E-state index is 13.1. The number of rotatable bonds is 3. The van der Waals surface area contributed by atoms with E-state index in [9.17, 15) is 18.0 Å². The largest absolute Gasteiger partial charge is 0.433 e. The van der Waals surface area contributed by atoms with Gasteiger partial charge < -0.3 is 10.6 Å². The van der Waals surface area contributed by atoms with E-state index < -0.39 is 11.9 Å². The van der Waals surface area contributed by atoms with Gasteiger partial charge in [0.2, 0.25) is 0 Å². The monoisotopic (exact) mass is 364 g/mol. The van der Waals surface area contributed by atoms with Gasteiger partial charge in [0.25, 0.3) is 5.91 Å². The summed E-state index contributed by atoms with van der Waals surface area (Å²) in [5.74, 6) is -0.265. The summed E-state index contributed by atoms with van der Waals surface area (Å²) in [4.78, 5) is 12.6. The number of carbonyl (C=O) groups excluding carboxylic acids is 1. The molecule has 5 nitrogen and oxygen atoms in total. The van der Waals surface area contributed by atoms with E-state index in [1.54, 1.807) is 12.1 Å². The number of hydrogen-bond donors (Lipinski definition) is 2. The third-order valence-corrected chi connectivity index (χ3v) is 5.09. The van der Waals surface area contributed by atoms with Crippen LogP contribution in [0, 0.1) is 0 Å². The van der Waals surface area contributed by atoms with Crippen molar-refractivity contribution in [2.24, 2.45) is 0 Å². The van der Waals surface area contributed by atoms with Crippen LogP contribution in [0.25, 0.3) is 5.69 Å². The summed E-state index contributed by atoms with van der Waals surface area (Å²) >= 11 is 0. The van der Waals surface area contributed by atoms with Gasteiger partial charge in [0, 0.05) is 23.7 Å². The number of carbonyl (C=O) groups is 1. The van der Waals surface area contributed by atoms with Crippen molar-refractivity contribution in [3.05, 3.63) is 47.8 Å². The molecule has 138 valence electrons. The molecule has 0 saturated carbocycles. The van der Waals surface area contributed by atoms with Gasteiger partial charge in [-0.1, -0.05) is 6.07 Å². The van der Waals surface area contributed by atoms with Gasteiger partial charge >= 0.3 is 6.18 Å². The van der Waals surface area contributed by atoms with Crippen LogP contribution in [0.5, 0.6) is 0 Å². The van der Waals surface area contributed by atoms with Crippen molar-refractivity contribution in [2.75, 3.05) is 0 Å². The van der Waals surface area contributed by atoms with Crippen molar-refractivity contribution in [3.8, 4) is 5.69 Å². The van der Waals surface area contributed by atoms with Crippen molar-refractivity contribution in [2.45, 2.75) is 50.0 Å². The van der Waals surface area contributed by atoms with Crippen LogP contribution in [0.3, 0.4) is 0 Å². The quantitative estimate of drug-likeness (QED) is 0.881. The molecule has 0 aliphatic carbocycles. The Morgan fingerprint density at radius 2 is 1.92 bits per heavy atom. The maximum atomic E-state index is 13.1. The summed E-state index contributed by atoms with van der Waals surface area (Å²) < 4.78 is 40.0. The lowest BCUT2D eigenvalue weighted by Gasteiger charge is -2.29. The lowest BCUT2D eigenvalue weighted by atomic mass is 9.99. The second-order valence-electron chi connectivity index (χ2n) is 6.96. The zero-order valence-electron chi connectivity index (χ0n) is 14.0. The highest BCUT2D eigenvalue weighted by molar-refractivity contribution is 5.94. The van der Waals surface area contributed by atoms with Crippen molar-refractivity contribution in [3.63, 3.8) is 0 Å². The average molecular weight is 364 g/mol. The molecule has 0 spiro atoms. The van der Waals surface area contributed by atoms with Crippen LogP contribution >= 0.6 is 0 Å². The molecule has 2 aliphatic rings. The zero-order valence-corrected chi connectivity index (χ0v) is 14.0. The molecule has 1 amide bonds. The molecule has 3 heterocycles. The molecule has 8 heteroatoms. The normalized spacial score (nSPS) is 25.3. The highest BCUT2D eigenvalue weighted by Gasteiger charge is 2.36. The third kappa shape index (κ3) is 3.33. The van der Waals surface area contributed by atoms with Gasteiger partial charge in [0.05, 0.1) is 11.9 Å². The van der Waals surface area contributed by atoms with Gasteiger partial charge in [-0.3, -0.25) is 4.79 Å². The van der Waals surface area contributed by atoms with E-state index in [0.717, 1.165) is 42.6 Å². The third-order valence-electron chi connectivity index (χ3n) is 5.09. The van der Waals surface area contributed by atoms with Gasteiger partial charge in [-0.2, -0.15) is 18.3 Å². The number of fused-ring (bicyclic) bond motifs is 2. The van der Waals surface area contributed by atoms with Crippen molar-refractivity contribution < 1.29 is 18.0 Å². The molecule has 2 fully saturated rings.